The first-order valence-corrected chi connectivity index (χ1v) is 11.2. The molecule has 0 fully saturated rings. The van der Waals surface area contributed by atoms with Gasteiger partial charge < -0.3 is 9.73 Å². The highest BCUT2D eigenvalue weighted by Crippen LogP contribution is 2.28. The third-order valence-corrected chi connectivity index (χ3v) is 6.46. The number of aromatic nitrogens is 1. The second-order valence-electron chi connectivity index (χ2n) is 7.94. The molecule has 4 nitrogen and oxygen atoms in total. The zero-order chi connectivity index (χ0) is 22.2. The summed E-state index contributed by atoms with van der Waals surface area (Å²) in [6, 6.07) is 23.6. The van der Waals surface area contributed by atoms with Crippen molar-refractivity contribution in [1.82, 2.24) is 10.3 Å². The Kier molecular flexibility index (Phi) is 5.27. The Balaban J connectivity index is 1.32. The van der Waals surface area contributed by atoms with Crippen LogP contribution in [0, 0.1) is 13.8 Å². The van der Waals surface area contributed by atoms with E-state index in [0.717, 1.165) is 37.5 Å². The molecule has 5 rings (SSSR count). The third-order valence-electron chi connectivity index (χ3n) is 5.77. The lowest BCUT2D eigenvalue weighted by atomic mass is 10.0. The van der Waals surface area contributed by atoms with E-state index >= 15 is 0 Å². The number of carbonyl (C=O) groups is 1. The lowest BCUT2D eigenvalue weighted by molar-refractivity contribution is 0.0952. The van der Waals surface area contributed by atoms with E-state index in [4.69, 9.17) is 4.42 Å². The molecule has 0 saturated heterocycles. The molecule has 1 heterocycles. The fourth-order valence-corrected chi connectivity index (χ4v) is 4.31. The summed E-state index contributed by atoms with van der Waals surface area (Å²) in [5.74, 6) is 0.504. The molecule has 5 heteroatoms. The molecule has 0 bridgehead atoms. The molecule has 0 aliphatic rings. The average molecular weight is 485 g/mol. The molecule has 0 aliphatic heterocycles. The zero-order valence-corrected chi connectivity index (χ0v) is 19.4. The van der Waals surface area contributed by atoms with E-state index in [1.165, 1.54) is 11.1 Å². The minimum Gasteiger partial charge on any atom is -0.436 e. The average Bonchev–Trinajstić information content (AvgIpc) is 3.20. The largest absolute Gasteiger partial charge is 0.436 e. The lowest BCUT2D eigenvalue weighted by Gasteiger charge is -2.09. The molecule has 0 atom stereocenters. The molecule has 0 radical (unpaired) electrons. The highest BCUT2D eigenvalue weighted by Gasteiger charge is 2.12. The summed E-state index contributed by atoms with van der Waals surface area (Å²) in [4.78, 5) is 17.5. The van der Waals surface area contributed by atoms with E-state index < -0.39 is 0 Å². The Labute approximate surface area is 194 Å². The molecule has 1 N–H and O–H groups in total. The van der Waals surface area contributed by atoms with Crippen LogP contribution in [-0.4, -0.2) is 10.9 Å². The molecule has 5 aromatic rings. The van der Waals surface area contributed by atoms with Gasteiger partial charge in [-0.15, -0.1) is 0 Å². The minimum atomic E-state index is -0.0949. The van der Waals surface area contributed by atoms with Crippen molar-refractivity contribution in [3.8, 4) is 11.5 Å². The molecule has 158 valence electrons. The maximum atomic E-state index is 12.8. The number of rotatable bonds is 4. The molecule has 0 spiro atoms. The van der Waals surface area contributed by atoms with Crippen molar-refractivity contribution in [3.05, 3.63) is 99.5 Å². The van der Waals surface area contributed by atoms with E-state index in [0.29, 0.717) is 18.0 Å². The second kappa shape index (κ2) is 8.24. The molecule has 0 aliphatic carbocycles. The first-order chi connectivity index (χ1) is 15.5. The van der Waals surface area contributed by atoms with Gasteiger partial charge in [0.15, 0.2) is 5.58 Å². The smallest absolute Gasteiger partial charge is 0.252 e. The van der Waals surface area contributed by atoms with Gasteiger partial charge in [-0.05, 0) is 77.7 Å². The van der Waals surface area contributed by atoms with E-state index in [9.17, 15) is 4.79 Å². The predicted octanol–water partition coefficient (Wildman–Crippen LogP) is 6.96. The number of carbonyl (C=O) groups excluding carboxylic acids is 1. The standard InChI is InChI=1S/C27H21BrN2O2/c1-16-13-24-25(14-17(16)2)32-27(30-24)19-11-9-18(10-12-19)15-29-26(31)22-7-3-6-21-20(22)5-4-8-23(21)28/h3-14H,15H2,1-2H3,(H,29,31). The normalized spacial score (nSPS) is 11.2. The van der Waals surface area contributed by atoms with Gasteiger partial charge in [-0.1, -0.05) is 52.3 Å². The maximum Gasteiger partial charge on any atom is 0.252 e. The number of halogens is 1. The van der Waals surface area contributed by atoms with Gasteiger partial charge in [-0.3, -0.25) is 4.79 Å². The number of fused-ring (bicyclic) bond motifs is 2. The van der Waals surface area contributed by atoms with Gasteiger partial charge >= 0.3 is 0 Å². The fraction of sp³-hybridized carbons (Fsp3) is 0.111. The number of benzene rings is 4. The quantitative estimate of drug-likeness (QED) is 0.300. The van der Waals surface area contributed by atoms with Crippen molar-refractivity contribution in [1.29, 1.82) is 0 Å². The van der Waals surface area contributed by atoms with Gasteiger partial charge in [0.25, 0.3) is 5.91 Å². The molecule has 1 amide bonds. The summed E-state index contributed by atoms with van der Waals surface area (Å²) in [6.45, 7) is 4.58. The monoisotopic (exact) mass is 484 g/mol. The summed E-state index contributed by atoms with van der Waals surface area (Å²) in [5.41, 5.74) is 6.61. The van der Waals surface area contributed by atoms with E-state index in [1.54, 1.807) is 0 Å². The van der Waals surface area contributed by atoms with E-state index in [-0.39, 0.29) is 5.91 Å². The van der Waals surface area contributed by atoms with Gasteiger partial charge in [-0.25, -0.2) is 4.98 Å². The number of nitrogens with one attached hydrogen (secondary N) is 1. The highest BCUT2D eigenvalue weighted by atomic mass is 79.9. The third kappa shape index (κ3) is 3.80. The number of hydrogen-bond acceptors (Lipinski definition) is 3. The molecule has 1 aromatic heterocycles. The Morgan fingerprint density at radius 2 is 1.66 bits per heavy atom. The topological polar surface area (TPSA) is 55.1 Å². The number of hydrogen-bond donors (Lipinski definition) is 1. The predicted molar refractivity (Wildman–Crippen MR) is 132 cm³/mol. The van der Waals surface area contributed by atoms with Crippen LogP contribution in [-0.2, 0) is 6.54 Å². The number of aryl methyl sites for hydroxylation is 2. The van der Waals surface area contributed by atoms with Crippen molar-refractivity contribution in [2.45, 2.75) is 20.4 Å². The summed E-state index contributed by atoms with van der Waals surface area (Å²) in [5, 5.41) is 4.98. The van der Waals surface area contributed by atoms with Gasteiger partial charge in [-0.2, -0.15) is 0 Å². The highest BCUT2D eigenvalue weighted by molar-refractivity contribution is 9.10. The van der Waals surface area contributed by atoms with Crippen LogP contribution in [0.4, 0.5) is 0 Å². The van der Waals surface area contributed by atoms with E-state index in [2.05, 4.69) is 40.1 Å². The van der Waals surface area contributed by atoms with Crippen LogP contribution in [0.1, 0.15) is 27.0 Å². The lowest BCUT2D eigenvalue weighted by Crippen LogP contribution is -2.23. The summed E-state index contributed by atoms with van der Waals surface area (Å²) >= 11 is 3.56. The summed E-state index contributed by atoms with van der Waals surface area (Å²) < 4.78 is 6.93. The van der Waals surface area contributed by atoms with Crippen molar-refractivity contribution in [2.75, 3.05) is 0 Å². The van der Waals surface area contributed by atoms with Crippen LogP contribution in [0.3, 0.4) is 0 Å². The first-order valence-electron chi connectivity index (χ1n) is 10.4. The van der Waals surface area contributed by atoms with Gasteiger partial charge in [0, 0.05) is 22.1 Å². The van der Waals surface area contributed by atoms with Crippen molar-refractivity contribution < 1.29 is 9.21 Å². The maximum absolute atomic E-state index is 12.8. The molecular weight excluding hydrogens is 464 g/mol. The molecule has 32 heavy (non-hydrogen) atoms. The van der Waals surface area contributed by atoms with Crippen LogP contribution in [0.15, 0.2) is 81.7 Å². The fourth-order valence-electron chi connectivity index (χ4n) is 3.82. The van der Waals surface area contributed by atoms with Gasteiger partial charge in [0.2, 0.25) is 5.89 Å². The minimum absolute atomic E-state index is 0.0949. The summed E-state index contributed by atoms with van der Waals surface area (Å²) in [6.07, 6.45) is 0. The van der Waals surface area contributed by atoms with Crippen molar-refractivity contribution in [2.24, 2.45) is 0 Å². The Bertz CT molecular complexity index is 1430. The Hall–Kier alpha value is -3.44. The summed E-state index contributed by atoms with van der Waals surface area (Å²) in [7, 11) is 0. The van der Waals surface area contributed by atoms with Crippen LogP contribution in [0.5, 0.6) is 0 Å². The van der Waals surface area contributed by atoms with Crippen LogP contribution in [0.25, 0.3) is 33.3 Å². The van der Waals surface area contributed by atoms with Crippen LogP contribution >= 0.6 is 15.9 Å². The van der Waals surface area contributed by atoms with Crippen LogP contribution in [0.2, 0.25) is 0 Å². The van der Waals surface area contributed by atoms with Gasteiger partial charge in [0.1, 0.15) is 5.52 Å². The first kappa shape index (κ1) is 20.5. The van der Waals surface area contributed by atoms with Crippen molar-refractivity contribution in [3.63, 3.8) is 0 Å². The molecular formula is C27H21BrN2O2. The SMILES string of the molecule is Cc1cc2nc(-c3ccc(CNC(=O)c4cccc5c(Br)cccc45)cc3)oc2cc1C. The number of oxazole rings is 1. The molecule has 0 saturated carbocycles. The van der Waals surface area contributed by atoms with E-state index in [1.807, 2.05) is 72.8 Å². The number of nitrogens with zero attached hydrogens (tertiary/aromatic N) is 1. The Morgan fingerprint density at radius 1 is 0.938 bits per heavy atom. The molecule has 4 aromatic carbocycles. The van der Waals surface area contributed by atoms with Crippen LogP contribution < -0.4 is 5.32 Å². The Morgan fingerprint density at radius 3 is 2.47 bits per heavy atom. The molecule has 0 unspecified atom stereocenters. The number of amides is 1. The zero-order valence-electron chi connectivity index (χ0n) is 17.8. The van der Waals surface area contributed by atoms with Gasteiger partial charge in [0.05, 0.1) is 0 Å². The second-order valence-corrected chi connectivity index (χ2v) is 8.80. The van der Waals surface area contributed by atoms with Crippen molar-refractivity contribution >= 4 is 43.7 Å².